The van der Waals surface area contributed by atoms with Crippen molar-refractivity contribution in [2.75, 3.05) is 26.4 Å². The summed E-state index contributed by atoms with van der Waals surface area (Å²) in [6, 6.07) is 16.2. The lowest BCUT2D eigenvalue weighted by Crippen LogP contribution is -2.68. The van der Waals surface area contributed by atoms with E-state index in [0.717, 1.165) is 22.3 Å². The molecule has 2 aromatic carbocycles. The van der Waals surface area contributed by atoms with Crippen LogP contribution in [0.4, 0.5) is 4.79 Å². The molecule has 1 fully saturated rings. The predicted molar refractivity (Wildman–Crippen MR) is 98.6 cm³/mol. The molecule has 140 valence electrons. The number of carbonyl (C=O) groups excluding carboxylic acids is 1. The summed E-state index contributed by atoms with van der Waals surface area (Å²) in [6.07, 6.45) is -0.620. The monoisotopic (exact) mass is 367 g/mol. The third-order valence-corrected chi connectivity index (χ3v) is 5.47. The predicted octanol–water partition coefficient (Wildman–Crippen LogP) is 3.11. The fourth-order valence-corrected chi connectivity index (χ4v) is 3.97. The molecule has 1 amide bonds. The maximum absolute atomic E-state index is 12.7. The zero-order valence-electron chi connectivity index (χ0n) is 15.1. The lowest BCUT2D eigenvalue weighted by molar-refractivity contribution is -0.182. The molecule has 27 heavy (non-hydrogen) atoms. The van der Waals surface area contributed by atoms with Gasteiger partial charge in [-0.15, -0.1) is 0 Å². The highest BCUT2D eigenvalue weighted by atomic mass is 16.6. The van der Waals surface area contributed by atoms with E-state index in [4.69, 9.17) is 9.47 Å². The van der Waals surface area contributed by atoms with Crippen LogP contribution < -0.4 is 0 Å². The van der Waals surface area contributed by atoms with Gasteiger partial charge in [0.15, 0.2) is 5.54 Å². The van der Waals surface area contributed by atoms with Crippen LogP contribution in [0, 0.1) is 0 Å². The first-order valence-electron chi connectivity index (χ1n) is 9.02. The van der Waals surface area contributed by atoms with Crippen molar-refractivity contribution in [3.8, 4) is 11.1 Å². The summed E-state index contributed by atoms with van der Waals surface area (Å²) < 4.78 is 10.7. The van der Waals surface area contributed by atoms with Crippen molar-refractivity contribution in [3.63, 3.8) is 0 Å². The van der Waals surface area contributed by atoms with Crippen molar-refractivity contribution in [2.24, 2.45) is 0 Å². The van der Waals surface area contributed by atoms with Gasteiger partial charge in [0, 0.05) is 12.5 Å². The van der Waals surface area contributed by atoms with Gasteiger partial charge in [-0.1, -0.05) is 48.5 Å². The largest absolute Gasteiger partial charge is 0.479 e. The van der Waals surface area contributed by atoms with E-state index in [0.29, 0.717) is 0 Å². The molecule has 0 spiro atoms. The van der Waals surface area contributed by atoms with Crippen LogP contribution in [0.3, 0.4) is 0 Å². The molecule has 0 atom stereocenters. The molecule has 1 aliphatic heterocycles. The number of carboxylic acids is 1. The van der Waals surface area contributed by atoms with Gasteiger partial charge >= 0.3 is 12.1 Å². The van der Waals surface area contributed by atoms with Crippen LogP contribution in [0.5, 0.6) is 0 Å². The second-order valence-corrected chi connectivity index (χ2v) is 6.88. The zero-order chi connectivity index (χ0) is 19.0. The standard InChI is InChI=1S/C21H21NO5/c1-2-22(21(19(23)24)12-26-13-21)20(25)27-11-18-16-9-5-3-7-14(16)15-8-4-6-10-17(15)18/h3-10,18H,2,11-13H2,1H3,(H,23,24). The normalized spacial score (nSPS) is 16.8. The van der Waals surface area contributed by atoms with Crippen LogP contribution in [0.1, 0.15) is 24.0 Å². The molecule has 0 radical (unpaired) electrons. The third kappa shape index (κ3) is 2.68. The van der Waals surface area contributed by atoms with Crippen LogP contribution in [0.2, 0.25) is 0 Å². The second kappa shape index (κ2) is 6.70. The minimum atomic E-state index is -1.32. The lowest BCUT2D eigenvalue weighted by Gasteiger charge is -2.44. The number of likely N-dealkylation sites (N-methyl/N-ethyl adjacent to an activating group) is 1. The molecular weight excluding hydrogens is 346 g/mol. The van der Waals surface area contributed by atoms with Crippen molar-refractivity contribution < 1.29 is 24.2 Å². The number of nitrogens with zero attached hydrogens (tertiary/aromatic N) is 1. The fourth-order valence-electron chi connectivity index (χ4n) is 3.97. The van der Waals surface area contributed by atoms with Crippen molar-refractivity contribution >= 4 is 12.1 Å². The SMILES string of the molecule is CCN(C(=O)OCC1c2ccccc2-c2ccccc21)C1(C(=O)O)COC1. The number of carbonyl (C=O) groups is 2. The number of amides is 1. The smallest absolute Gasteiger partial charge is 0.410 e. The average Bonchev–Trinajstić information content (AvgIpc) is 2.96. The Labute approximate surface area is 157 Å². The molecular formula is C21H21NO5. The van der Waals surface area contributed by atoms with E-state index in [1.807, 2.05) is 36.4 Å². The number of carboxylic acid groups (broad SMARTS) is 1. The summed E-state index contributed by atoms with van der Waals surface area (Å²) in [5, 5.41) is 9.54. The first kappa shape index (κ1) is 17.5. The Morgan fingerprint density at radius 1 is 1.11 bits per heavy atom. The molecule has 1 heterocycles. The molecule has 2 aliphatic rings. The third-order valence-electron chi connectivity index (χ3n) is 5.47. The van der Waals surface area contributed by atoms with Gasteiger partial charge in [0.25, 0.3) is 0 Å². The molecule has 6 heteroatoms. The Balaban J connectivity index is 1.55. The molecule has 0 aromatic heterocycles. The van der Waals surface area contributed by atoms with Gasteiger partial charge in [-0.2, -0.15) is 0 Å². The van der Waals surface area contributed by atoms with Crippen molar-refractivity contribution in [2.45, 2.75) is 18.4 Å². The summed E-state index contributed by atoms with van der Waals surface area (Å²) in [5.74, 6) is -1.12. The second-order valence-electron chi connectivity index (χ2n) is 6.88. The maximum Gasteiger partial charge on any atom is 0.410 e. The summed E-state index contributed by atoms with van der Waals surface area (Å²) in [6.45, 7) is 2.12. The molecule has 2 aromatic rings. The van der Waals surface area contributed by atoms with Crippen LogP contribution in [-0.4, -0.2) is 54.0 Å². The van der Waals surface area contributed by atoms with Gasteiger partial charge in [0.2, 0.25) is 0 Å². The van der Waals surface area contributed by atoms with Crippen LogP contribution in [0.25, 0.3) is 11.1 Å². The first-order valence-corrected chi connectivity index (χ1v) is 9.02. The number of hydrogen-bond donors (Lipinski definition) is 1. The number of benzene rings is 2. The topological polar surface area (TPSA) is 76.1 Å². The molecule has 1 aliphatic carbocycles. The van der Waals surface area contributed by atoms with Crippen molar-refractivity contribution in [3.05, 3.63) is 59.7 Å². The highest BCUT2D eigenvalue weighted by molar-refractivity contribution is 5.86. The highest BCUT2D eigenvalue weighted by Crippen LogP contribution is 2.44. The van der Waals surface area contributed by atoms with Gasteiger partial charge in [-0.25, -0.2) is 9.59 Å². The van der Waals surface area contributed by atoms with E-state index >= 15 is 0 Å². The van der Waals surface area contributed by atoms with Crippen molar-refractivity contribution in [1.29, 1.82) is 0 Å². The lowest BCUT2D eigenvalue weighted by atomic mass is 9.95. The Bertz CT molecular complexity index is 844. The van der Waals surface area contributed by atoms with E-state index in [1.165, 1.54) is 4.90 Å². The molecule has 0 saturated carbocycles. The Hall–Kier alpha value is -2.86. The highest BCUT2D eigenvalue weighted by Gasteiger charge is 2.53. The van der Waals surface area contributed by atoms with E-state index in [2.05, 4.69) is 12.1 Å². The Morgan fingerprint density at radius 2 is 1.67 bits per heavy atom. The number of fused-ring (bicyclic) bond motifs is 3. The fraction of sp³-hybridized carbons (Fsp3) is 0.333. The van der Waals surface area contributed by atoms with Crippen LogP contribution in [0.15, 0.2) is 48.5 Å². The average molecular weight is 367 g/mol. The van der Waals surface area contributed by atoms with Gasteiger partial charge in [0.1, 0.15) is 6.61 Å². The number of ether oxygens (including phenoxy) is 2. The van der Waals surface area contributed by atoms with Gasteiger partial charge in [-0.05, 0) is 29.2 Å². The molecule has 1 saturated heterocycles. The summed E-state index contributed by atoms with van der Waals surface area (Å²) in [5.41, 5.74) is 3.22. The quantitative estimate of drug-likeness (QED) is 0.879. The van der Waals surface area contributed by atoms with E-state index in [9.17, 15) is 14.7 Å². The summed E-state index contributed by atoms with van der Waals surface area (Å²) in [4.78, 5) is 25.6. The first-order chi connectivity index (χ1) is 13.1. The number of rotatable bonds is 5. The molecule has 6 nitrogen and oxygen atoms in total. The zero-order valence-corrected chi connectivity index (χ0v) is 15.1. The molecule has 0 unspecified atom stereocenters. The molecule has 0 bridgehead atoms. The van der Waals surface area contributed by atoms with E-state index in [1.54, 1.807) is 6.92 Å². The Morgan fingerprint density at radius 3 is 2.11 bits per heavy atom. The molecule has 1 N–H and O–H groups in total. The number of hydrogen-bond acceptors (Lipinski definition) is 4. The van der Waals surface area contributed by atoms with Gasteiger partial charge in [0.05, 0.1) is 13.2 Å². The van der Waals surface area contributed by atoms with Crippen LogP contribution >= 0.6 is 0 Å². The van der Waals surface area contributed by atoms with Crippen LogP contribution in [-0.2, 0) is 14.3 Å². The minimum absolute atomic E-state index is 0.0135. The van der Waals surface area contributed by atoms with Gasteiger partial charge in [-0.3, -0.25) is 4.90 Å². The van der Waals surface area contributed by atoms with Crippen molar-refractivity contribution in [1.82, 2.24) is 4.90 Å². The van der Waals surface area contributed by atoms with E-state index < -0.39 is 17.6 Å². The Kier molecular flexibility index (Phi) is 4.36. The van der Waals surface area contributed by atoms with Gasteiger partial charge < -0.3 is 14.6 Å². The minimum Gasteiger partial charge on any atom is -0.479 e. The molecule has 4 rings (SSSR count). The maximum atomic E-state index is 12.7. The summed E-state index contributed by atoms with van der Waals surface area (Å²) >= 11 is 0. The van der Waals surface area contributed by atoms with E-state index in [-0.39, 0.29) is 32.3 Å². The number of aliphatic carboxylic acids is 1. The summed E-state index contributed by atoms with van der Waals surface area (Å²) in [7, 11) is 0.